The van der Waals surface area contributed by atoms with Gasteiger partial charge in [0.15, 0.2) is 11.3 Å². The molecule has 2 aromatic carbocycles. The molecule has 5 aromatic rings. The first-order chi connectivity index (χ1) is 25.1. The molecule has 0 spiro atoms. The number of carbonyl (C=O) groups excluding carboxylic acids is 4. The lowest BCUT2D eigenvalue weighted by atomic mass is 10.0. The molecule has 52 heavy (non-hydrogen) atoms. The molecule has 3 atom stereocenters. The number of benzene rings is 2. The maximum Gasteiger partial charge on any atom is 0.329 e. The number of nitrogens with one attached hydrogen (secondary N) is 4. The lowest BCUT2D eigenvalue weighted by molar-refractivity contribution is -0.135. The van der Waals surface area contributed by atoms with Crippen LogP contribution in [-0.4, -0.2) is 73.2 Å². The number of nitrogens with zero attached hydrogens (tertiary/aromatic N) is 5. The van der Waals surface area contributed by atoms with Crippen LogP contribution in [0.5, 0.6) is 0 Å². The molecule has 270 valence electrons. The molecule has 1 aliphatic heterocycles. The molecule has 14 nitrogen and oxygen atoms in total. The molecule has 0 bridgehead atoms. The number of alkyl halides is 1. The van der Waals surface area contributed by atoms with Crippen LogP contribution in [0, 0.1) is 0 Å². The topological polar surface area (TPSA) is 174 Å². The highest BCUT2D eigenvalue weighted by Crippen LogP contribution is 2.28. The number of imide groups is 1. The van der Waals surface area contributed by atoms with Gasteiger partial charge in [-0.1, -0.05) is 37.1 Å². The normalized spacial score (nSPS) is 18.4. The zero-order chi connectivity index (χ0) is 36.5. The Balaban J connectivity index is 0.908. The molecule has 3 aromatic heterocycles. The van der Waals surface area contributed by atoms with Crippen LogP contribution in [0.25, 0.3) is 27.9 Å². The van der Waals surface area contributed by atoms with Gasteiger partial charge in [-0.05, 0) is 55.5 Å². The zero-order valence-electron chi connectivity index (χ0n) is 28.9. The molecule has 1 unspecified atom stereocenters. The van der Waals surface area contributed by atoms with E-state index in [4.69, 9.17) is 0 Å². The minimum absolute atomic E-state index is 0.182. The quantitative estimate of drug-likeness (QED) is 0.106. The van der Waals surface area contributed by atoms with Crippen molar-refractivity contribution < 1.29 is 23.6 Å². The zero-order valence-corrected chi connectivity index (χ0v) is 28.9. The van der Waals surface area contributed by atoms with E-state index in [0.717, 1.165) is 48.7 Å². The van der Waals surface area contributed by atoms with Crippen LogP contribution in [0.15, 0.2) is 59.5 Å². The predicted molar refractivity (Wildman–Crippen MR) is 192 cm³/mol. The molecule has 0 radical (unpaired) electrons. The fraction of sp³-hybridized carbons (Fsp3) is 0.378. The van der Waals surface area contributed by atoms with Gasteiger partial charge >= 0.3 is 5.69 Å². The van der Waals surface area contributed by atoms with E-state index in [9.17, 15) is 28.4 Å². The van der Waals surface area contributed by atoms with Gasteiger partial charge in [0.25, 0.3) is 11.8 Å². The highest BCUT2D eigenvalue weighted by Gasteiger charge is 2.39. The van der Waals surface area contributed by atoms with Crippen molar-refractivity contribution >= 4 is 46.0 Å². The monoisotopic (exact) mass is 709 g/mol. The molecule has 1 saturated carbocycles. The number of anilines is 1. The smallest absolute Gasteiger partial charge is 0.329 e. The molecule has 1 aliphatic carbocycles. The number of fused-ring (bicyclic) bond motifs is 2. The molecule has 4 amide bonds. The largest absolute Gasteiger partial charge is 0.385 e. The number of hydrogen-bond donors (Lipinski definition) is 4. The Morgan fingerprint density at radius 3 is 2.52 bits per heavy atom. The first kappa shape index (κ1) is 34.6. The number of aryl methyl sites for hydroxylation is 2. The number of unbranched alkanes of at least 4 members (excludes halogenated alkanes) is 3. The van der Waals surface area contributed by atoms with E-state index in [2.05, 4.69) is 31.3 Å². The average Bonchev–Trinajstić information content (AvgIpc) is 3.54. The highest BCUT2D eigenvalue weighted by molar-refractivity contribution is 6.00. The Labute approximate surface area is 297 Å². The second kappa shape index (κ2) is 14.4. The number of aromatic nitrogens is 5. The molecule has 1 saturated heterocycles. The maximum atomic E-state index is 13.4. The molecular formula is C37H40FN9O5. The number of amides is 4. The third kappa shape index (κ3) is 6.77. The van der Waals surface area contributed by atoms with Gasteiger partial charge in [-0.2, -0.15) is 5.10 Å². The van der Waals surface area contributed by atoms with Gasteiger partial charge in [0.05, 0.1) is 34.7 Å². The van der Waals surface area contributed by atoms with Gasteiger partial charge in [0, 0.05) is 44.6 Å². The fourth-order valence-corrected chi connectivity index (χ4v) is 6.85. The van der Waals surface area contributed by atoms with Crippen LogP contribution in [0.2, 0.25) is 0 Å². The Morgan fingerprint density at radius 1 is 1.02 bits per heavy atom. The van der Waals surface area contributed by atoms with Crippen LogP contribution >= 0.6 is 0 Å². The second-order valence-corrected chi connectivity index (χ2v) is 13.4. The number of para-hydroxylation sites is 1. The van der Waals surface area contributed by atoms with Crippen molar-refractivity contribution in [3.05, 3.63) is 82.0 Å². The van der Waals surface area contributed by atoms with Gasteiger partial charge in [-0.15, -0.1) is 0 Å². The number of halogens is 1. The number of piperidine rings is 1. The first-order valence-corrected chi connectivity index (χ1v) is 17.6. The number of rotatable bonds is 13. The Hall–Kier alpha value is -5.86. The van der Waals surface area contributed by atoms with Crippen molar-refractivity contribution in [1.82, 2.24) is 39.7 Å². The summed E-state index contributed by atoms with van der Waals surface area (Å²) in [5.41, 5.74) is 5.38. The minimum atomic E-state index is -1.02. The summed E-state index contributed by atoms with van der Waals surface area (Å²) in [7, 11) is 3.46. The van der Waals surface area contributed by atoms with Crippen LogP contribution in [0.4, 0.5) is 10.1 Å². The highest BCUT2D eigenvalue weighted by atomic mass is 19.1. The van der Waals surface area contributed by atoms with Gasteiger partial charge in [0.2, 0.25) is 11.8 Å². The van der Waals surface area contributed by atoms with E-state index in [-0.39, 0.29) is 29.6 Å². The van der Waals surface area contributed by atoms with Crippen molar-refractivity contribution in [2.75, 3.05) is 18.9 Å². The second-order valence-electron chi connectivity index (χ2n) is 13.4. The van der Waals surface area contributed by atoms with Crippen molar-refractivity contribution in [3.63, 3.8) is 0 Å². The minimum Gasteiger partial charge on any atom is -0.385 e. The summed E-state index contributed by atoms with van der Waals surface area (Å²) in [5.74, 6) is -1.39. The van der Waals surface area contributed by atoms with Crippen molar-refractivity contribution in [3.8, 4) is 11.3 Å². The lowest BCUT2D eigenvalue weighted by Crippen LogP contribution is -2.44. The molecule has 15 heteroatoms. The van der Waals surface area contributed by atoms with Crippen molar-refractivity contribution in [1.29, 1.82) is 0 Å². The van der Waals surface area contributed by atoms with E-state index in [1.807, 2.05) is 24.3 Å². The number of hydrogen-bond acceptors (Lipinski definition) is 8. The van der Waals surface area contributed by atoms with Gasteiger partial charge in [0.1, 0.15) is 12.2 Å². The Bertz CT molecular complexity index is 2260. The van der Waals surface area contributed by atoms with Crippen LogP contribution in [0.3, 0.4) is 0 Å². The van der Waals surface area contributed by atoms with E-state index in [0.29, 0.717) is 47.5 Å². The van der Waals surface area contributed by atoms with E-state index in [1.165, 1.54) is 15.3 Å². The molecule has 4 heterocycles. The van der Waals surface area contributed by atoms with E-state index in [1.54, 1.807) is 42.9 Å². The summed E-state index contributed by atoms with van der Waals surface area (Å²) in [6.45, 7) is 0.526. The van der Waals surface area contributed by atoms with E-state index < -0.39 is 30.1 Å². The summed E-state index contributed by atoms with van der Waals surface area (Å²) in [6.07, 6.45) is 5.50. The summed E-state index contributed by atoms with van der Waals surface area (Å²) in [5, 5.41) is 15.7. The first-order valence-electron chi connectivity index (χ1n) is 17.6. The molecule has 7 rings (SSSR count). The summed E-state index contributed by atoms with van der Waals surface area (Å²) >= 11 is 0. The maximum absolute atomic E-state index is 13.4. The van der Waals surface area contributed by atoms with Gasteiger partial charge in [-0.3, -0.25) is 33.6 Å². The van der Waals surface area contributed by atoms with Crippen molar-refractivity contribution in [2.24, 2.45) is 7.05 Å². The summed E-state index contributed by atoms with van der Waals surface area (Å²) < 4.78 is 17.9. The predicted octanol–water partition coefficient (Wildman–Crippen LogP) is 3.44. The van der Waals surface area contributed by atoms with Gasteiger partial charge < -0.3 is 16.0 Å². The molecule has 2 aliphatic rings. The third-order valence-corrected chi connectivity index (χ3v) is 9.81. The third-order valence-electron chi connectivity index (χ3n) is 9.81. The van der Waals surface area contributed by atoms with Crippen LogP contribution in [-0.2, 0) is 23.1 Å². The number of carbonyl (C=O) groups is 4. The SMILES string of the molecule is CNc1cc(-c2ccc(C(=O)NCCCCCCc3cccc4c3n(C)c(=O)n4C3CCC(=O)NC3=O)cc2)nn2c(C(=O)N[C@@H]3C[C@@H]3F)cnc12. The van der Waals surface area contributed by atoms with Crippen molar-refractivity contribution in [2.45, 2.75) is 69.6 Å². The summed E-state index contributed by atoms with van der Waals surface area (Å²) in [4.78, 5) is 67.3. The average molecular weight is 710 g/mol. The number of imidazole rings is 2. The fourth-order valence-electron chi connectivity index (χ4n) is 6.85. The Kier molecular flexibility index (Phi) is 9.58. The van der Waals surface area contributed by atoms with Crippen LogP contribution in [0.1, 0.15) is 77.4 Å². The molecule has 2 fully saturated rings. The van der Waals surface area contributed by atoms with Gasteiger partial charge in [-0.25, -0.2) is 18.7 Å². The van der Waals surface area contributed by atoms with Crippen LogP contribution < -0.4 is 27.0 Å². The van der Waals surface area contributed by atoms with E-state index >= 15 is 0 Å². The molecular weight excluding hydrogens is 669 g/mol. The standard InChI is InChI=1S/C37H40FN9O5/c1-39-27-19-25(44-47-30(20-41-33(27)47)36(51)42-26-18-24(26)38)21-11-13-23(14-12-21)34(49)40-17-6-4-3-5-8-22-9-7-10-28-32(22)45(2)37(52)46(28)29-15-16-31(48)43-35(29)50/h7,9-14,19-20,24,26,29,39H,3-6,8,15-18H2,1-2H3,(H,40,49)(H,42,51)(H,43,48,50)/t24-,26+,29?/m0/s1. The summed E-state index contributed by atoms with van der Waals surface area (Å²) in [6, 6.07) is 13.4. The molecule has 4 N–H and O–H groups in total. The lowest BCUT2D eigenvalue weighted by Gasteiger charge is -2.21. The Morgan fingerprint density at radius 2 is 1.79 bits per heavy atom.